The molecule has 0 radical (unpaired) electrons. The molecule has 0 saturated carbocycles. The van der Waals surface area contributed by atoms with Crippen molar-refractivity contribution in [1.82, 2.24) is 15.5 Å². The Morgan fingerprint density at radius 3 is 2.79 bits per heavy atom. The maximum atomic E-state index is 5.84. The van der Waals surface area contributed by atoms with Gasteiger partial charge in [0.05, 0.1) is 6.04 Å². The van der Waals surface area contributed by atoms with Gasteiger partial charge in [0.15, 0.2) is 0 Å². The summed E-state index contributed by atoms with van der Waals surface area (Å²) in [4.78, 5) is 0. The molecule has 0 amide bonds. The van der Waals surface area contributed by atoms with Crippen molar-refractivity contribution in [3.05, 3.63) is 11.8 Å². The van der Waals surface area contributed by atoms with Crippen LogP contribution in [-0.2, 0) is 6.42 Å². The molecule has 2 rings (SSSR count). The second-order valence-corrected chi connectivity index (χ2v) is 6.43. The molecule has 1 saturated heterocycles. The summed E-state index contributed by atoms with van der Waals surface area (Å²) in [6.45, 7) is 5.31. The van der Waals surface area contributed by atoms with Crippen molar-refractivity contribution in [2.45, 2.75) is 52.0 Å². The Balaban J connectivity index is 1.89. The van der Waals surface area contributed by atoms with Crippen LogP contribution in [0.2, 0.25) is 0 Å². The summed E-state index contributed by atoms with van der Waals surface area (Å²) in [5.41, 5.74) is 0. The van der Waals surface area contributed by atoms with Gasteiger partial charge in [-0.15, -0.1) is 10.2 Å². The van der Waals surface area contributed by atoms with E-state index in [1.54, 1.807) is 0 Å². The van der Waals surface area contributed by atoms with Crippen molar-refractivity contribution in [1.29, 1.82) is 0 Å². The summed E-state index contributed by atoms with van der Waals surface area (Å²) >= 11 is 2.06. The molecule has 1 aromatic rings. The van der Waals surface area contributed by atoms with Crippen LogP contribution in [0.4, 0.5) is 0 Å². The molecule has 0 aromatic carbocycles. The molecule has 0 aliphatic carbocycles. The van der Waals surface area contributed by atoms with Crippen LogP contribution in [0.15, 0.2) is 4.42 Å². The molecule has 1 unspecified atom stereocenters. The molecule has 5 heteroatoms. The Labute approximate surface area is 120 Å². The second kappa shape index (κ2) is 7.90. The van der Waals surface area contributed by atoms with E-state index in [0.29, 0.717) is 0 Å². The minimum Gasteiger partial charge on any atom is -0.424 e. The predicted molar refractivity (Wildman–Crippen MR) is 79.4 cm³/mol. The van der Waals surface area contributed by atoms with Crippen LogP contribution < -0.4 is 5.32 Å². The Kier molecular flexibility index (Phi) is 6.17. The Morgan fingerprint density at radius 2 is 2.11 bits per heavy atom. The molecule has 108 valence electrons. The van der Waals surface area contributed by atoms with Crippen LogP contribution >= 0.6 is 11.8 Å². The van der Waals surface area contributed by atoms with E-state index in [0.717, 1.165) is 43.5 Å². The Hall–Kier alpha value is -0.550. The molecule has 1 atom stereocenters. The van der Waals surface area contributed by atoms with Gasteiger partial charge in [0.1, 0.15) is 0 Å². The highest BCUT2D eigenvalue weighted by atomic mass is 32.2. The summed E-state index contributed by atoms with van der Waals surface area (Å²) in [6.07, 6.45) is 5.64. The number of hydrogen-bond acceptors (Lipinski definition) is 5. The van der Waals surface area contributed by atoms with Gasteiger partial charge in [0.2, 0.25) is 11.8 Å². The number of aromatic nitrogens is 2. The highest BCUT2D eigenvalue weighted by Crippen LogP contribution is 2.26. The van der Waals surface area contributed by atoms with Gasteiger partial charge in [-0.1, -0.05) is 13.8 Å². The van der Waals surface area contributed by atoms with Gasteiger partial charge in [-0.2, -0.15) is 11.8 Å². The van der Waals surface area contributed by atoms with E-state index in [-0.39, 0.29) is 6.04 Å². The van der Waals surface area contributed by atoms with Crippen LogP contribution in [0.25, 0.3) is 0 Å². The third-order valence-electron chi connectivity index (χ3n) is 3.63. The Morgan fingerprint density at radius 1 is 1.32 bits per heavy atom. The molecule has 0 spiro atoms. The second-order valence-electron chi connectivity index (χ2n) is 5.21. The summed E-state index contributed by atoms with van der Waals surface area (Å²) < 4.78 is 5.84. The molecule has 1 N–H and O–H groups in total. The van der Waals surface area contributed by atoms with Crippen molar-refractivity contribution in [3.8, 4) is 0 Å². The highest BCUT2D eigenvalue weighted by Gasteiger charge is 2.20. The monoisotopic (exact) mass is 283 g/mol. The maximum absolute atomic E-state index is 5.84. The first-order valence-corrected chi connectivity index (χ1v) is 8.62. The molecule has 4 nitrogen and oxygen atoms in total. The number of nitrogens with one attached hydrogen (secondary N) is 1. The number of hydrogen-bond donors (Lipinski definition) is 1. The molecular formula is C14H25N3OS. The highest BCUT2D eigenvalue weighted by molar-refractivity contribution is 7.99. The van der Waals surface area contributed by atoms with Gasteiger partial charge in [-0.3, -0.25) is 0 Å². The third kappa shape index (κ3) is 4.49. The minimum atomic E-state index is 0.211. The molecule has 1 aromatic heterocycles. The zero-order valence-electron chi connectivity index (χ0n) is 12.0. The molecule has 0 bridgehead atoms. The van der Waals surface area contributed by atoms with Crippen LogP contribution in [0.5, 0.6) is 0 Å². The van der Waals surface area contributed by atoms with Crippen molar-refractivity contribution >= 4 is 11.8 Å². The number of nitrogens with zero attached hydrogens (tertiary/aromatic N) is 2. The molecule has 1 aliphatic heterocycles. The lowest BCUT2D eigenvalue weighted by Crippen LogP contribution is -2.21. The summed E-state index contributed by atoms with van der Waals surface area (Å²) in [6, 6.07) is 0.211. The van der Waals surface area contributed by atoms with Crippen molar-refractivity contribution < 1.29 is 4.42 Å². The normalized spacial score (nSPS) is 18.6. The molecule has 2 heterocycles. The lowest BCUT2D eigenvalue weighted by molar-refractivity contribution is 0.351. The zero-order valence-corrected chi connectivity index (χ0v) is 12.8. The summed E-state index contributed by atoms with van der Waals surface area (Å²) in [7, 11) is 0. The first-order valence-electron chi connectivity index (χ1n) is 7.46. The van der Waals surface area contributed by atoms with E-state index >= 15 is 0 Å². The van der Waals surface area contributed by atoms with Crippen LogP contribution in [-0.4, -0.2) is 28.2 Å². The van der Waals surface area contributed by atoms with Crippen molar-refractivity contribution in [2.24, 2.45) is 5.92 Å². The van der Waals surface area contributed by atoms with E-state index in [4.69, 9.17) is 4.42 Å². The lowest BCUT2D eigenvalue weighted by atomic mass is 9.99. The molecular weight excluding hydrogens is 258 g/mol. The fraction of sp³-hybridized carbons (Fsp3) is 0.857. The van der Waals surface area contributed by atoms with Gasteiger partial charge < -0.3 is 9.73 Å². The smallest absolute Gasteiger partial charge is 0.233 e. The third-order valence-corrected chi connectivity index (χ3v) is 4.68. The van der Waals surface area contributed by atoms with E-state index in [2.05, 4.69) is 41.1 Å². The van der Waals surface area contributed by atoms with Gasteiger partial charge in [0.25, 0.3) is 0 Å². The predicted octanol–water partition coefficient (Wildman–Crippen LogP) is 3.21. The van der Waals surface area contributed by atoms with Gasteiger partial charge in [-0.05, 0) is 49.7 Å². The van der Waals surface area contributed by atoms with Gasteiger partial charge in [0, 0.05) is 6.42 Å². The fourth-order valence-electron chi connectivity index (χ4n) is 2.41. The van der Waals surface area contributed by atoms with Crippen molar-refractivity contribution in [2.75, 3.05) is 18.1 Å². The summed E-state index contributed by atoms with van der Waals surface area (Å²) in [5.74, 6) is 4.88. The standard InChI is InChI=1S/C14H25N3OS/c1-3-7-15-12(4-2)14-17-16-13(18-14)10-11-5-8-19-9-6-11/h11-12,15H,3-10H2,1-2H3. The van der Waals surface area contributed by atoms with Gasteiger partial charge in [-0.25, -0.2) is 0 Å². The quantitative estimate of drug-likeness (QED) is 0.832. The fourth-order valence-corrected chi connectivity index (χ4v) is 3.62. The van der Waals surface area contributed by atoms with Crippen LogP contribution in [0.1, 0.15) is 57.4 Å². The van der Waals surface area contributed by atoms with E-state index in [1.807, 2.05) is 0 Å². The van der Waals surface area contributed by atoms with Crippen LogP contribution in [0, 0.1) is 5.92 Å². The van der Waals surface area contributed by atoms with E-state index in [1.165, 1.54) is 24.3 Å². The molecule has 19 heavy (non-hydrogen) atoms. The van der Waals surface area contributed by atoms with Crippen molar-refractivity contribution in [3.63, 3.8) is 0 Å². The zero-order chi connectivity index (χ0) is 13.5. The minimum absolute atomic E-state index is 0.211. The molecule has 1 aliphatic rings. The average Bonchev–Trinajstić information content (AvgIpc) is 2.89. The number of rotatable bonds is 7. The van der Waals surface area contributed by atoms with E-state index in [9.17, 15) is 0 Å². The SMILES string of the molecule is CCCNC(CC)c1nnc(CC2CCSCC2)o1. The Bertz CT molecular complexity index is 363. The largest absolute Gasteiger partial charge is 0.424 e. The maximum Gasteiger partial charge on any atom is 0.233 e. The number of thioether (sulfide) groups is 1. The molecule has 1 fully saturated rings. The van der Waals surface area contributed by atoms with Crippen LogP contribution in [0.3, 0.4) is 0 Å². The first-order chi connectivity index (χ1) is 9.33. The first kappa shape index (κ1) is 14.9. The lowest BCUT2D eigenvalue weighted by Gasteiger charge is -2.19. The van der Waals surface area contributed by atoms with Gasteiger partial charge >= 0.3 is 0 Å². The average molecular weight is 283 g/mol. The summed E-state index contributed by atoms with van der Waals surface area (Å²) in [5, 5.41) is 11.9. The van der Waals surface area contributed by atoms with E-state index < -0.39 is 0 Å². The topological polar surface area (TPSA) is 51.0 Å².